The van der Waals surface area contributed by atoms with Crippen molar-refractivity contribution >= 4 is 95.4 Å². The number of benzene rings is 2. The van der Waals surface area contributed by atoms with E-state index < -0.39 is 11.8 Å². The highest BCUT2D eigenvalue weighted by molar-refractivity contribution is 9.10. The van der Waals surface area contributed by atoms with Crippen molar-refractivity contribution < 1.29 is 13.9 Å². The number of hydrogen-bond donors (Lipinski definition) is 2. The van der Waals surface area contributed by atoms with Gasteiger partial charge in [-0.05, 0) is 58.5 Å². The number of carbonyl (C=O) groups excluding carboxylic acids is 1. The van der Waals surface area contributed by atoms with Crippen LogP contribution < -0.4 is 10.6 Å². The molecule has 0 aliphatic heterocycles. The van der Waals surface area contributed by atoms with Gasteiger partial charge in [0.1, 0.15) is 10.7 Å². The quantitative estimate of drug-likeness (QED) is 0.194. The molecule has 0 bridgehead atoms. The molecule has 2 N–H and O–H groups in total. The Kier molecular flexibility index (Phi) is 7.20. The van der Waals surface area contributed by atoms with Gasteiger partial charge in [-0.25, -0.2) is 9.18 Å². The fourth-order valence-corrected chi connectivity index (χ4v) is 5.36. The summed E-state index contributed by atoms with van der Waals surface area (Å²) in [6.07, 6.45) is 1.70. The Morgan fingerprint density at radius 2 is 2.09 bits per heavy atom. The van der Waals surface area contributed by atoms with Gasteiger partial charge in [0.05, 0.1) is 23.1 Å². The summed E-state index contributed by atoms with van der Waals surface area (Å²) in [5.41, 5.74) is 1.04. The lowest BCUT2D eigenvalue weighted by molar-refractivity contribution is 0.0606. The molecule has 0 aliphatic carbocycles. The molecule has 6 nitrogen and oxygen atoms in total. The number of hydrogen-bond acceptors (Lipinski definition) is 5. The van der Waals surface area contributed by atoms with E-state index in [2.05, 4.69) is 31.7 Å². The first-order valence-corrected chi connectivity index (χ1v) is 12.1. The summed E-state index contributed by atoms with van der Waals surface area (Å²) in [5, 5.41) is 12.2. The van der Waals surface area contributed by atoms with E-state index in [1.807, 2.05) is 6.07 Å². The summed E-state index contributed by atoms with van der Waals surface area (Å²) >= 11 is 22.5. The summed E-state index contributed by atoms with van der Waals surface area (Å²) in [6, 6.07) is 9.96. The number of nitrogens with zero attached hydrogens (tertiary/aromatic N) is 2. The van der Waals surface area contributed by atoms with E-state index in [1.165, 1.54) is 24.5 Å². The second-order valence-corrected chi connectivity index (χ2v) is 9.85. The average Bonchev–Trinajstić information content (AvgIpc) is 3.29. The van der Waals surface area contributed by atoms with Crippen LogP contribution in [0.4, 0.5) is 15.9 Å². The Morgan fingerprint density at radius 1 is 1.30 bits per heavy atom. The SMILES string of the molecule is COC(=O)c1sc2cc(NC(=S)Nc3nn(Cc4c(F)cccc4Cl)cc3Br)ccc2c1Cl. The van der Waals surface area contributed by atoms with Gasteiger partial charge >= 0.3 is 5.97 Å². The first kappa shape index (κ1) is 23.9. The maximum atomic E-state index is 14.1. The molecule has 4 aromatic rings. The number of ether oxygens (including phenoxy) is 1. The Bertz CT molecular complexity index is 1370. The largest absolute Gasteiger partial charge is 0.465 e. The van der Waals surface area contributed by atoms with Crippen molar-refractivity contribution in [2.75, 3.05) is 17.7 Å². The topological polar surface area (TPSA) is 68.2 Å². The molecule has 0 spiro atoms. The van der Waals surface area contributed by atoms with Crippen LogP contribution in [0.3, 0.4) is 0 Å². The molecule has 12 heteroatoms. The molecule has 2 aromatic carbocycles. The van der Waals surface area contributed by atoms with Crippen molar-refractivity contribution in [1.82, 2.24) is 9.78 Å². The maximum absolute atomic E-state index is 14.1. The molecule has 0 amide bonds. The summed E-state index contributed by atoms with van der Waals surface area (Å²) < 4.78 is 21.8. The van der Waals surface area contributed by atoms with Crippen LogP contribution in [0, 0.1) is 5.82 Å². The zero-order chi connectivity index (χ0) is 23.7. The van der Waals surface area contributed by atoms with Crippen molar-refractivity contribution in [3.8, 4) is 0 Å². The third-order valence-corrected chi connectivity index (χ3v) is 7.36. The first-order valence-electron chi connectivity index (χ1n) is 9.31. The standard InChI is InChI=1S/C21H14BrCl2FN4O2S2/c1-31-20(30)18-17(24)11-6-5-10(7-16(11)33-18)26-21(32)27-19-13(22)9-29(28-19)8-12-14(23)3-2-4-15(12)25/h2-7,9H,8H2,1H3,(H2,26,27,28,32). The molecule has 0 saturated carbocycles. The molecule has 2 heterocycles. The Labute approximate surface area is 215 Å². The minimum atomic E-state index is -0.481. The number of nitrogens with one attached hydrogen (secondary N) is 2. The molecule has 0 unspecified atom stereocenters. The van der Waals surface area contributed by atoms with E-state index in [9.17, 15) is 9.18 Å². The number of aromatic nitrogens is 2. The van der Waals surface area contributed by atoms with E-state index in [4.69, 9.17) is 40.2 Å². The molecule has 0 saturated heterocycles. The van der Waals surface area contributed by atoms with Gasteiger partial charge < -0.3 is 15.4 Å². The van der Waals surface area contributed by atoms with Gasteiger partial charge in [0.15, 0.2) is 10.9 Å². The third-order valence-electron chi connectivity index (χ3n) is 4.59. The van der Waals surface area contributed by atoms with Crippen molar-refractivity contribution in [3.05, 3.63) is 73.4 Å². The Hall–Kier alpha value is -2.24. The fourth-order valence-electron chi connectivity index (χ4n) is 3.04. The number of esters is 1. The second kappa shape index (κ2) is 9.94. The number of rotatable bonds is 5. The predicted molar refractivity (Wildman–Crippen MR) is 138 cm³/mol. The van der Waals surface area contributed by atoms with Gasteiger partial charge in [0, 0.05) is 32.6 Å². The normalized spacial score (nSPS) is 10.9. The summed E-state index contributed by atoms with van der Waals surface area (Å²) in [5.74, 6) is -0.432. The zero-order valence-electron chi connectivity index (χ0n) is 16.8. The van der Waals surface area contributed by atoms with Crippen LogP contribution in [0.25, 0.3) is 10.1 Å². The number of thiophene rings is 1. The monoisotopic (exact) mass is 586 g/mol. The van der Waals surface area contributed by atoms with Crippen LogP contribution >= 0.6 is 62.7 Å². The van der Waals surface area contributed by atoms with E-state index in [0.717, 1.165) is 10.1 Å². The number of methoxy groups -OCH3 is 1. The molecule has 2 aromatic heterocycles. The fraction of sp³-hybridized carbons (Fsp3) is 0.0952. The van der Waals surface area contributed by atoms with Crippen molar-refractivity contribution in [1.29, 1.82) is 0 Å². The van der Waals surface area contributed by atoms with E-state index >= 15 is 0 Å². The van der Waals surface area contributed by atoms with Crippen molar-refractivity contribution in [2.45, 2.75) is 6.54 Å². The van der Waals surface area contributed by atoms with Crippen molar-refractivity contribution in [3.63, 3.8) is 0 Å². The van der Waals surface area contributed by atoms with Crippen LogP contribution in [0.15, 0.2) is 47.1 Å². The predicted octanol–water partition coefficient (Wildman–Crippen LogP) is 6.95. The van der Waals surface area contributed by atoms with Gasteiger partial charge in [-0.1, -0.05) is 29.3 Å². The smallest absolute Gasteiger partial charge is 0.349 e. The minimum Gasteiger partial charge on any atom is -0.465 e. The molecule has 170 valence electrons. The third kappa shape index (κ3) is 5.15. The van der Waals surface area contributed by atoms with E-state index in [0.29, 0.717) is 41.6 Å². The lowest BCUT2D eigenvalue weighted by Crippen LogP contribution is -2.19. The van der Waals surface area contributed by atoms with Gasteiger partial charge in [-0.15, -0.1) is 11.3 Å². The second-order valence-electron chi connectivity index (χ2n) is 6.75. The highest BCUT2D eigenvalue weighted by Gasteiger charge is 2.18. The van der Waals surface area contributed by atoms with Gasteiger partial charge in [0.2, 0.25) is 0 Å². The summed E-state index contributed by atoms with van der Waals surface area (Å²) in [4.78, 5) is 12.2. The van der Waals surface area contributed by atoms with Crippen LogP contribution in [-0.4, -0.2) is 28.0 Å². The number of anilines is 2. The van der Waals surface area contributed by atoms with Gasteiger partial charge in [0.25, 0.3) is 0 Å². The van der Waals surface area contributed by atoms with Crippen LogP contribution in [-0.2, 0) is 11.3 Å². The molecule has 0 radical (unpaired) electrons. The molecular formula is C21H14BrCl2FN4O2S2. The van der Waals surface area contributed by atoms with Crippen molar-refractivity contribution in [2.24, 2.45) is 0 Å². The Balaban J connectivity index is 1.48. The zero-order valence-corrected chi connectivity index (χ0v) is 21.5. The molecule has 4 rings (SSSR count). The van der Waals surface area contributed by atoms with Crippen LogP contribution in [0.1, 0.15) is 15.2 Å². The molecule has 0 aliphatic rings. The molecular weight excluding hydrogens is 574 g/mol. The van der Waals surface area contributed by atoms with Gasteiger partial charge in [-0.3, -0.25) is 4.68 Å². The van der Waals surface area contributed by atoms with E-state index in [1.54, 1.807) is 35.1 Å². The summed E-state index contributed by atoms with van der Waals surface area (Å²) in [6.45, 7) is 0.157. The number of thiocarbonyl (C=S) groups is 1. The van der Waals surface area contributed by atoms with E-state index in [-0.39, 0.29) is 6.54 Å². The maximum Gasteiger partial charge on any atom is 0.349 e. The lowest BCUT2D eigenvalue weighted by atomic mass is 10.2. The Morgan fingerprint density at radius 3 is 2.82 bits per heavy atom. The molecule has 0 atom stereocenters. The first-order chi connectivity index (χ1) is 15.8. The van der Waals surface area contributed by atoms with Crippen LogP contribution in [0.5, 0.6) is 0 Å². The number of fused-ring (bicyclic) bond motifs is 1. The molecule has 33 heavy (non-hydrogen) atoms. The summed E-state index contributed by atoms with van der Waals surface area (Å²) in [7, 11) is 1.31. The minimum absolute atomic E-state index is 0.157. The number of halogens is 4. The highest BCUT2D eigenvalue weighted by Crippen LogP contribution is 2.37. The lowest BCUT2D eigenvalue weighted by Gasteiger charge is -2.09. The molecule has 0 fully saturated rings. The number of carbonyl (C=O) groups is 1. The average molecular weight is 588 g/mol. The van der Waals surface area contributed by atoms with Crippen LogP contribution in [0.2, 0.25) is 10.0 Å². The highest BCUT2D eigenvalue weighted by atomic mass is 79.9. The van der Waals surface area contributed by atoms with Gasteiger partial charge in [-0.2, -0.15) is 5.10 Å².